The maximum atomic E-state index is 12.9. The van der Waals surface area contributed by atoms with Gasteiger partial charge in [-0.15, -0.1) is 5.10 Å². The van der Waals surface area contributed by atoms with Gasteiger partial charge in [0.2, 0.25) is 5.89 Å². The monoisotopic (exact) mass is 300 g/mol. The van der Waals surface area contributed by atoms with E-state index in [1.165, 1.54) is 18.2 Å². The summed E-state index contributed by atoms with van der Waals surface area (Å²) in [4.78, 5) is 0. The molecule has 0 saturated heterocycles. The maximum Gasteiger partial charge on any atom is 0.320 e. The molecule has 8 heteroatoms. The normalized spacial score (nSPS) is 10.8. The van der Waals surface area contributed by atoms with Crippen molar-refractivity contribution in [2.45, 2.75) is 6.54 Å². The van der Waals surface area contributed by atoms with Crippen LogP contribution in [0, 0.1) is 5.82 Å². The molecule has 6 nitrogen and oxygen atoms in total. The third kappa shape index (κ3) is 4.16. The van der Waals surface area contributed by atoms with Gasteiger partial charge in [0.15, 0.2) is 0 Å². The molecule has 0 fully saturated rings. The molecule has 0 aliphatic heterocycles. The third-order valence-electron chi connectivity index (χ3n) is 2.40. The molecule has 0 bridgehead atoms. The van der Waals surface area contributed by atoms with Crippen LogP contribution in [0.2, 0.25) is 5.02 Å². The topological polar surface area (TPSA) is 72.2 Å². The van der Waals surface area contributed by atoms with E-state index in [2.05, 4.69) is 20.8 Å². The number of anilines is 2. The van der Waals surface area contributed by atoms with Crippen molar-refractivity contribution in [2.75, 3.05) is 25.6 Å². The Balaban J connectivity index is 1.92. The first kappa shape index (κ1) is 14.7. The van der Waals surface area contributed by atoms with Gasteiger partial charge < -0.3 is 19.8 Å². The van der Waals surface area contributed by atoms with Crippen molar-refractivity contribution in [3.63, 3.8) is 0 Å². The lowest BCUT2D eigenvalue weighted by Gasteiger charge is -2.03. The van der Waals surface area contributed by atoms with Crippen molar-refractivity contribution >= 4 is 23.3 Å². The van der Waals surface area contributed by atoms with Crippen LogP contribution in [-0.2, 0) is 11.3 Å². The lowest BCUT2D eigenvalue weighted by atomic mass is 10.3. The van der Waals surface area contributed by atoms with Gasteiger partial charge in [-0.3, -0.25) is 0 Å². The van der Waals surface area contributed by atoms with Crippen LogP contribution in [0.25, 0.3) is 0 Å². The fraction of sp³-hybridized carbons (Fsp3) is 0.333. The molecule has 0 amide bonds. The summed E-state index contributed by atoms with van der Waals surface area (Å²) in [5, 5.41) is 13.8. The average molecular weight is 301 g/mol. The SMILES string of the molecule is COCCNCc1nnc(Nc2ccc(F)cc2Cl)o1. The fourth-order valence-electron chi connectivity index (χ4n) is 1.45. The molecule has 0 spiro atoms. The summed E-state index contributed by atoms with van der Waals surface area (Å²) in [5.41, 5.74) is 0.496. The highest BCUT2D eigenvalue weighted by Gasteiger charge is 2.08. The minimum atomic E-state index is -0.408. The van der Waals surface area contributed by atoms with Crippen LogP contribution in [0.15, 0.2) is 22.6 Å². The zero-order valence-electron chi connectivity index (χ0n) is 10.8. The van der Waals surface area contributed by atoms with Gasteiger partial charge in [0.25, 0.3) is 0 Å². The number of aromatic nitrogens is 2. The van der Waals surface area contributed by atoms with Gasteiger partial charge in [-0.2, -0.15) is 0 Å². The number of ether oxygens (including phenoxy) is 1. The lowest BCUT2D eigenvalue weighted by molar-refractivity contribution is 0.198. The Labute approximate surface area is 120 Å². The number of hydrogen-bond acceptors (Lipinski definition) is 6. The average Bonchev–Trinajstić information content (AvgIpc) is 2.86. The number of nitrogens with one attached hydrogen (secondary N) is 2. The molecule has 2 N–H and O–H groups in total. The largest absolute Gasteiger partial charge is 0.406 e. The van der Waals surface area contributed by atoms with Gasteiger partial charge in [0, 0.05) is 13.7 Å². The van der Waals surface area contributed by atoms with Gasteiger partial charge in [-0.25, -0.2) is 4.39 Å². The highest BCUT2D eigenvalue weighted by molar-refractivity contribution is 6.33. The number of rotatable bonds is 7. The van der Waals surface area contributed by atoms with Crippen molar-refractivity contribution in [3.8, 4) is 0 Å². The minimum Gasteiger partial charge on any atom is -0.406 e. The summed E-state index contributed by atoms with van der Waals surface area (Å²) in [6.07, 6.45) is 0. The molecular formula is C12H14ClFN4O2. The maximum absolute atomic E-state index is 12.9. The Morgan fingerprint density at radius 1 is 1.40 bits per heavy atom. The van der Waals surface area contributed by atoms with E-state index in [9.17, 15) is 4.39 Å². The predicted molar refractivity (Wildman–Crippen MR) is 72.6 cm³/mol. The molecule has 1 aromatic heterocycles. The van der Waals surface area contributed by atoms with Gasteiger partial charge in [0.05, 0.1) is 23.9 Å². The first-order chi connectivity index (χ1) is 9.69. The lowest BCUT2D eigenvalue weighted by Crippen LogP contribution is -2.18. The second-order valence-electron chi connectivity index (χ2n) is 3.92. The standard InChI is InChI=1S/C12H14ClFN4O2/c1-19-5-4-15-7-11-17-18-12(20-11)16-10-3-2-8(14)6-9(10)13/h2-3,6,15H,4-5,7H2,1H3,(H,16,18). The molecule has 2 aromatic rings. The number of benzene rings is 1. The molecule has 20 heavy (non-hydrogen) atoms. The number of methoxy groups -OCH3 is 1. The summed E-state index contributed by atoms with van der Waals surface area (Å²) in [7, 11) is 1.63. The third-order valence-corrected chi connectivity index (χ3v) is 2.71. The molecule has 0 aliphatic rings. The Morgan fingerprint density at radius 3 is 3.00 bits per heavy atom. The molecule has 0 unspecified atom stereocenters. The van der Waals surface area contributed by atoms with Crippen LogP contribution in [0.4, 0.5) is 16.1 Å². The fourth-order valence-corrected chi connectivity index (χ4v) is 1.67. The summed E-state index contributed by atoms with van der Waals surface area (Å²) in [5.74, 6) is 0.0240. The predicted octanol–water partition coefficient (Wildman–Crippen LogP) is 2.34. The Kier molecular flexibility index (Phi) is 5.28. The van der Waals surface area contributed by atoms with E-state index >= 15 is 0 Å². The van der Waals surface area contributed by atoms with Gasteiger partial charge >= 0.3 is 6.01 Å². The van der Waals surface area contributed by atoms with E-state index in [1.807, 2.05) is 0 Å². The zero-order valence-corrected chi connectivity index (χ0v) is 11.6. The molecule has 0 aliphatic carbocycles. The minimum absolute atomic E-state index is 0.196. The highest BCUT2D eigenvalue weighted by Crippen LogP contribution is 2.25. The molecule has 108 valence electrons. The van der Waals surface area contributed by atoms with Crippen LogP contribution in [0.1, 0.15) is 5.89 Å². The van der Waals surface area contributed by atoms with Crippen molar-refractivity contribution in [3.05, 3.63) is 34.9 Å². The zero-order chi connectivity index (χ0) is 14.4. The van der Waals surface area contributed by atoms with Crippen molar-refractivity contribution in [1.82, 2.24) is 15.5 Å². The molecule has 0 saturated carbocycles. The first-order valence-corrected chi connectivity index (χ1v) is 6.31. The van der Waals surface area contributed by atoms with Crippen LogP contribution in [0.3, 0.4) is 0 Å². The highest BCUT2D eigenvalue weighted by atomic mass is 35.5. The van der Waals surface area contributed by atoms with Crippen LogP contribution >= 0.6 is 11.6 Å². The van der Waals surface area contributed by atoms with Crippen LogP contribution in [-0.4, -0.2) is 30.5 Å². The van der Waals surface area contributed by atoms with Crippen LogP contribution < -0.4 is 10.6 Å². The van der Waals surface area contributed by atoms with E-state index in [1.54, 1.807) is 7.11 Å². The summed E-state index contributed by atoms with van der Waals surface area (Å²) < 4.78 is 23.2. The molecule has 0 atom stereocenters. The Bertz CT molecular complexity index is 564. The molecule has 1 heterocycles. The van der Waals surface area contributed by atoms with Crippen molar-refractivity contribution in [1.29, 1.82) is 0 Å². The van der Waals surface area contributed by atoms with E-state index in [0.717, 1.165) is 0 Å². The smallest absolute Gasteiger partial charge is 0.320 e. The van der Waals surface area contributed by atoms with E-state index in [4.69, 9.17) is 20.8 Å². The Morgan fingerprint density at radius 2 is 2.25 bits per heavy atom. The quantitative estimate of drug-likeness (QED) is 0.765. The van der Waals surface area contributed by atoms with E-state index in [-0.39, 0.29) is 11.0 Å². The van der Waals surface area contributed by atoms with Gasteiger partial charge in [0.1, 0.15) is 5.82 Å². The number of hydrogen-bond donors (Lipinski definition) is 2. The van der Waals surface area contributed by atoms with E-state index in [0.29, 0.717) is 31.3 Å². The van der Waals surface area contributed by atoms with Crippen molar-refractivity contribution in [2.24, 2.45) is 0 Å². The van der Waals surface area contributed by atoms with Gasteiger partial charge in [-0.1, -0.05) is 16.7 Å². The van der Waals surface area contributed by atoms with E-state index < -0.39 is 5.82 Å². The molecule has 1 aromatic carbocycles. The van der Waals surface area contributed by atoms with Gasteiger partial charge in [-0.05, 0) is 18.2 Å². The molecule has 2 rings (SSSR count). The second-order valence-corrected chi connectivity index (χ2v) is 4.33. The number of halogens is 2. The summed E-state index contributed by atoms with van der Waals surface area (Å²) in [6.45, 7) is 1.73. The van der Waals surface area contributed by atoms with Crippen molar-refractivity contribution < 1.29 is 13.5 Å². The summed E-state index contributed by atoms with van der Waals surface area (Å²) in [6, 6.07) is 4.19. The molecular weight excluding hydrogens is 287 g/mol. The first-order valence-electron chi connectivity index (χ1n) is 5.93. The summed E-state index contributed by atoms with van der Waals surface area (Å²) >= 11 is 5.89. The Hall–Kier alpha value is -1.70. The molecule has 0 radical (unpaired) electrons. The number of nitrogens with zero attached hydrogens (tertiary/aromatic N) is 2. The van der Waals surface area contributed by atoms with Crippen LogP contribution in [0.5, 0.6) is 0 Å². The second kappa shape index (κ2) is 7.18.